The molecule has 3 N–H and O–H groups in total. The number of nitrogens with one attached hydrogen (secondary N) is 3. The van der Waals surface area contributed by atoms with E-state index in [1.165, 1.54) is 5.69 Å². The molecule has 0 amide bonds. The van der Waals surface area contributed by atoms with Gasteiger partial charge in [0.15, 0.2) is 0 Å². The summed E-state index contributed by atoms with van der Waals surface area (Å²) in [5, 5.41) is 3.56. The van der Waals surface area contributed by atoms with E-state index in [9.17, 15) is 4.79 Å². The van der Waals surface area contributed by atoms with Crippen molar-refractivity contribution in [3.05, 3.63) is 58.9 Å². The minimum Gasteiger partial charge on any atom is -0.368 e. The summed E-state index contributed by atoms with van der Waals surface area (Å²) < 4.78 is 0. The maximum atomic E-state index is 12.6. The number of nitrogens with zero attached hydrogens (tertiary/aromatic N) is 2. The van der Waals surface area contributed by atoms with Gasteiger partial charge in [-0.3, -0.25) is 4.79 Å². The number of piperazine rings is 1. The highest BCUT2D eigenvalue weighted by Crippen LogP contribution is 2.30. The van der Waals surface area contributed by atoms with Crippen LogP contribution >= 0.6 is 0 Å². The van der Waals surface area contributed by atoms with Gasteiger partial charge in [-0.2, -0.15) is 0 Å². The topological polar surface area (TPSA) is 76.8 Å². The van der Waals surface area contributed by atoms with Crippen LogP contribution in [0.4, 0.5) is 5.69 Å². The number of hydrogen-bond donors (Lipinski definition) is 3. The second kappa shape index (κ2) is 6.49. The van der Waals surface area contributed by atoms with Crippen molar-refractivity contribution >= 4 is 16.7 Å². The second-order valence-corrected chi connectivity index (χ2v) is 7.73. The molecule has 5 rings (SSSR count). The van der Waals surface area contributed by atoms with E-state index >= 15 is 0 Å². The van der Waals surface area contributed by atoms with Crippen LogP contribution in [0, 0.1) is 0 Å². The van der Waals surface area contributed by atoms with Crippen LogP contribution in [0.2, 0.25) is 0 Å². The van der Waals surface area contributed by atoms with Crippen LogP contribution in [0.1, 0.15) is 13.8 Å². The highest BCUT2D eigenvalue weighted by molar-refractivity contribution is 5.87. The summed E-state index contributed by atoms with van der Waals surface area (Å²) in [7, 11) is 0. The van der Waals surface area contributed by atoms with Crippen LogP contribution in [0.3, 0.4) is 0 Å². The van der Waals surface area contributed by atoms with E-state index in [0.29, 0.717) is 23.5 Å². The maximum Gasteiger partial charge on any atom is 0.260 e. The third-order valence-electron chi connectivity index (χ3n) is 5.41. The van der Waals surface area contributed by atoms with E-state index in [1.54, 1.807) is 0 Å². The van der Waals surface area contributed by atoms with Crippen molar-refractivity contribution in [3.8, 4) is 22.6 Å². The molecule has 1 aromatic carbocycles. The van der Waals surface area contributed by atoms with Gasteiger partial charge >= 0.3 is 0 Å². The van der Waals surface area contributed by atoms with Gasteiger partial charge in [-0.1, -0.05) is 24.3 Å². The Morgan fingerprint density at radius 1 is 1.00 bits per heavy atom. The molecule has 2 aromatic rings. The molecule has 0 spiro atoms. The summed E-state index contributed by atoms with van der Waals surface area (Å²) >= 11 is 0. The zero-order valence-corrected chi connectivity index (χ0v) is 16.0. The van der Waals surface area contributed by atoms with E-state index in [4.69, 9.17) is 4.98 Å². The van der Waals surface area contributed by atoms with Gasteiger partial charge in [0.1, 0.15) is 5.82 Å². The Hall–Kier alpha value is -3.12. The minimum absolute atomic E-state index is 0.120. The number of H-pyrrole nitrogens is 2. The maximum absolute atomic E-state index is 12.6. The number of imidazole rings is 1. The predicted molar refractivity (Wildman–Crippen MR) is 113 cm³/mol. The van der Waals surface area contributed by atoms with Gasteiger partial charge < -0.3 is 20.2 Å². The Morgan fingerprint density at radius 3 is 2.61 bits per heavy atom. The normalized spacial score (nSPS) is 20.1. The summed E-state index contributed by atoms with van der Waals surface area (Å²) in [5.41, 5.74) is 5.15. The van der Waals surface area contributed by atoms with Crippen LogP contribution in [-0.2, 0) is 0 Å². The minimum atomic E-state index is -0.120. The first kappa shape index (κ1) is 17.0. The molecule has 1 saturated heterocycles. The molecule has 1 aliphatic carbocycles. The molecule has 2 atom stereocenters. The molecule has 1 aromatic heterocycles. The lowest BCUT2D eigenvalue weighted by molar-refractivity contribution is 0.407. The molecule has 3 aliphatic rings. The molecule has 6 nitrogen and oxygen atoms in total. The van der Waals surface area contributed by atoms with Gasteiger partial charge in [-0.05, 0) is 38.1 Å². The monoisotopic (exact) mass is 373 g/mol. The standard InChI is InChI=1S/C22H23N5O/c1-13-11-27(12-14(2)23-13)15-8-9-18-19(10-15)25-21(24-18)20-16-6-4-3-5-7-17(16)26-22(20)28/h3-10,13-14,23H,11-12H2,1-2H3,(H,24,25)(H,26,28). The molecule has 1 fully saturated rings. The Bertz CT molecular complexity index is 1170. The third kappa shape index (κ3) is 2.86. The number of rotatable bonds is 2. The lowest BCUT2D eigenvalue weighted by Crippen LogP contribution is -2.54. The molecule has 3 heterocycles. The first-order chi connectivity index (χ1) is 13.6. The van der Waals surface area contributed by atoms with E-state index < -0.39 is 0 Å². The van der Waals surface area contributed by atoms with Crippen molar-refractivity contribution in [2.24, 2.45) is 0 Å². The summed E-state index contributed by atoms with van der Waals surface area (Å²) in [6.07, 6.45) is 0. The van der Waals surface area contributed by atoms with Crippen molar-refractivity contribution in [2.45, 2.75) is 25.9 Å². The molecule has 0 bridgehead atoms. The fraction of sp³-hybridized carbons (Fsp3) is 0.273. The molecule has 0 radical (unpaired) electrons. The number of fused-ring (bicyclic) bond motifs is 2. The molecular formula is C22H23N5O. The van der Waals surface area contributed by atoms with E-state index in [2.05, 4.69) is 46.2 Å². The van der Waals surface area contributed by atoms with Crippen LogP contribution in [0.15, 0.2) is 53.3 Å². The van der Waals surface area contributed by atoms with Gasteiger partial charge in [0, 0.05) is 42.1 Å². The molecule has 28 heavy (non-hydrogen) atoms. The van der Waals surface area contributed by atoms with Gasteiger partial charge in [0.25, 0.3) is 5.56 Å². The van der Waals surface area contributed by atoms with Crippen LogP contribution in [0.25, 0.3) is 33.7 Å². The van der Waals surface area contributed by atoms with Crippen LogP contribution in [-0.4, -0.2) is 40.1 Å². The SMILES string of the molecule is CC1CN(c2ccc3nc(-c4c5cccccc-5[nH]c4=O)[nH]c3c2)CC(C)N1. The quantitative estimate of drug-likeness (QED) is 0.504. The van der Waals surface area contributed by atoms with Crippen LogP contribution in [0.5, 0.6) is 0 Å². The summed E-state index contributed by atoms with van der Waals surface area (Å²) in [5.74, 6) is 0.608. The zero-order valence-electron chi connectivity index (χ0n) is 16.0. The first-order valence-electron chi connectivity index (χ1n) is 9.70. The Labute approximate surface area is 163 Å². The lowest BCUT2D eigenvalue weighted by Gasteiger charge is -2.37. The average Bonchev–Trinajstić information content (AvgIpc) is 3.12. The fourth-order valence-electron chi connectivity index (χ4n) is 4.27. The zero-order chi connectivity index (χ0) is 19.3. The fourth-order valence-corrected chi connectivity index (χ4v) is 4.27. The average molecular weight is 373 g/mol. The highest BCUT2D eigenvalue weighted by Gasteiger charge is 2.22. The molecular weight excluding hydrogens is 350 g/mol. The highest BCUT2D eigenvalue weighted by atomic mass is 16.1. The third-order valence-corrected chi connectivity index (χ3v) is 5.41. The van der Waals surface area contributed by atoms with E-state index in [1.807, 2.05) is 36.4 Å². The Morgan fingerprint density at radius 2 is 1.79 bits per heavy atom. The molecule has 2 aliphatic heterocycles. The first-order valence-corrected chi connectivity index (χ1v) is 9.70. The summed E-state index contributed by atoms with van der Waals surface area (Å²) in [6.45, 7) is 6.37. The molecule has 6 heteroatoms. The van der Waals surface area contributed by atoms with Gasteiger partial charge in [-0.25, -0.2) is 4.98 Å². The second-order valence-electron chi connectivity index (χ2n) is 7.73. The van der Waals surface area contributed by atoms with Gasteiger partial charge in [-0.15, -0.1) is 0 Å². The largest absolute Gasteiger partial charge is 0.368 e. The van der Waals surface area contributed by atoms with Gasteiger partial charge in [0.2, 0.25) is 0 Å². The smallest absolute Gasteiger partial charge is 0.260 e. The van der Waals surface area contributed by atoms with Crippen molar-refractivity contribution in [3.63, 3.8) is 0 Å². The number of hydrogen-bond acceptors (Lipinski definition) is 4. The Balaban J connectivity index is 1.57. The van der Waals surface area contributed by atoms with Crippen molar-refractivity contribution < 1.29 is 0 Å². The number of benzene rings is 1. The lowest BCUT2D eigenvalue weighted by atomic mass is 10.1. The van der Waals surface area contributed by atoms with Gasteiger partial charge in [0.05, 0.1) is 16.6 Å². The number of aromatic amines is 2. The molecule has 2 unspecified atom stereocenters. The van der Waals surface area contributed by atoms with Crippen molar-refractivity contribution in [2.75, 3.05) is 18.0 Å². The summed E-state index contributed by atoms with van der Waals surface area (Å²) in [4.78, 5) is 26.0. The number of anilines is 1. The molecule has 142 valence electrons. The van der Waals surface area contributed by atoms with E-state index in [0.717, 1.165) is 35.4 Å². The van der Waals surface area contributed by atoms with Crippen molar-refractivity contribution in [1.29, 1.82) is 0 Å². The van der Waals surface area contributed by atoms with E-state index in [-0.39, 0.29) is 5.56 Å². The van der Waals surface area contributed by atoms with Crippen molar-refractivity contribution in [1.82, 2.24) is 20.3 Å². The Kier molecular flexibility index (Phi) is 3.94. The van der Waals surface area contributed by atoms with Crippen LogP contribution < -0.4 is 15.8 Å². The number of aromatic nitrogens is 3. The summed E-state index contributed by atoms with van der Waals surface area (Å²) in [6, 6.07) is 16.8. The predicted octanol–water partition coefficient (Wildman–Crippen LogP) is 3.21. The molecule has 0 saturated carbocycles.